The Balaban J connectivity index is 0.00000205. The molecule has 1 aliphatic carbocycles. The summed E-state index contributed by atoms with van der Waals surface area (Å²) in [6.45, 7) is 2.57. The monoisotopic (exact) mass is 376 g/mol. The van der Waals surface area contributed by atoms with Crippen LogP contribution in [0.1, 0.15) is 33.2 Å². The molecule has 0 unspecified atom stereocenters. The van der Waals surface area contributed by atoms with Gasteiger partial charge in [-0.15, -0.1) is 0 Å². The van der Waals surface area contributed by atoms with Crippen molar-refractivity contribution in [3.8, 4) is 29.2 Å². The molecule has 1 atom stereocenters. The molecule has 1 fully saturated rings. The summed E-state index contributed by atoms with van der Waals surface area (Å²) in [5.41, 5.74) is 1.60. The highest BCUT2D eigenvalue weighted by Gasteiger charge is 2.52. The van der Waals surface area contributed by atoms with Crippen LogP contribution in [0.5, 0.6) is 17.4 Å². The van der Waals surface area contributed by atoms with E-state index in [2.05, 4.69) is 16.8 Å². The van der Waals surface area contributed by atoms with E-state index in [1.165, 1.54) is 6.20 Å². The minimum Gasteiger partial charge on any atom is -0.492 e. The number of benzene rings is 1. The number of carbonyl (C=O) groups excluding carboxylic acids is 2. The summed E-state index contributed by atoms with van der Waals surface area (Å²) in [6, 6.07) is 9.10. The van der Waals surface area contributed by atoms with Crippen LogP contribution in [0.25, 0.3) is 0 Å². The van der Waals surface area contributed by atoms with E-state index in [0.29, 0.717) is 24.6 Å². The van der Waals surface area contributed by atoms with Gasteiger partial charge >= 0.3 is 5.91 Å². The number of hydrogen-bond acceptors (Lipinski definition) is 5. The molecule has 1 saturated carbocycles. The molecule has 3 aliphatic rings. The van der Waals surface area contributed by atoms with Crippen LogP contribution in [0.4, 0.5) is 5.69 Å². The van der Waals surface area contributed by atoms with Crippen molar-refractivity contribution >= 4 is 17.5 Å². The second-order valence-electron chi connectivity index (χ2n) is 7.36. The van der Waals surface area contributed by atoms with Crippen LogP contribution >= 0.6 is 0 Å². The van der Waals surface area contributed by atoms with E-state index in [9.17, 15) is 9.59 Å². The molecule has 5 rings (SSSR count). The molecule has 2 amide bonds. The lowest BCUT2D eigenvalue weighted by Gasteiger charge is -2.23. The Morgan fingerprint density at radius 1 is 1.32 bits per heavy atom. The molecule has 0 N–H and O–H groups in total. The molecule has 142 valence electrons. The van der Waals surface area contributed by atoms with Gasteiger partial charge in [0.1, 0.15) is 17.4 Å². The largest absolute Gasteiger partial charge is 0.492 e. The molecule has 0 bridgehead atoms. The van der Waals surface area contributed by atoms with Crippen molar-refractivity contribution in [1.82, 2.24) is 4.98 Å². The summed E-state index contributed by atoms with van der Waals surface area (Å²) in [4.78, 5) is 30.0. The SMILES string of the molecule is CC[C@H]1C#CC(=O)N(c2ccc(Oc3cccc4c3C3(CC3)CO4)nc2)C1=O.[HH]. The summed E-state index contributed by atoms with van der Waals surface area (Å²) >= 11 is 0. The van der Waals surface area contributed by atoms with Crippen molar-refractivity contribution in [3.05, 3.63) is 42.1 Å². The fourth-order valence-corrected chi connectivity index (χ4v) is 3.79. The zero-order valence-electron chi connectivity index (χ0n) is 15.4. The highest BCUT2D eigenvalue weighted by molar-refractivity contribution is 6.24. The first-order valence-corrected chi connectivity index (χ1v) is 9.41. The minimum absolute atomic E-state index is 0. The first-order chi connectivity index (χ1) is 13.6. The van der Waals surface area contributed by atoms with E-state index >= 15 is 0 Å². The first kappa shape index (κ1) is 16.8. The van der Waals surface area contributed by atoms with Gasteiger partial charge in [-0.25, -0.2) is 9.88 Å². The van der Waals surface area contributed by atoms with Crippen molar-refractivity contribution in [2.45, 2.75) is 31.6 Å². The van der Waals surface area contributed by atoms with Gasteiger partial charge in [0.15, 0.2) is 0 Å². The molecule has 2 aliphatic heterocycles. The summed E-state index contributed by atoms with van der Waals surface area (Å²) in [7, 11) is 0. The van der Waals surface area contributed by atoms with Crippen LogP contribution in [0.15, 0.2) is 36.5 Å². The van der Waals surface area contributed by atoms with E-state index in [4.69, 9.17) is 9.47 Å². The van der Waals surface area contributed by atoms with Crippen molar-refractivity contribution in [2.75, 3.05) is 11.5 Å². The summed E-state index contributed by atoms with van der Waals surface area (Å²) in [5, 5.41) is 0. The number of imide groups is 1. The molecular weight excluding hydrogens is 356 g/mol. The van der Waals surface area contributed by atoms with Crippen LogP contribution in [0.3, 0.4) is 0 Å². The van der Waals surface area contributed by atoms with Gasteiger partial charge in [-0.3, -0.25) is 9.59 Å². The van der Waals surface area contributed by atoms with Gasteiger partial charge in [-0.2, -0.15) is 0 Å². The number of nitrogens with zero attached hydrogens (tertiary/aromatic N) is 2. The molecular formula is C22H20N2O4. The van der Waals surface area contributed by atoms with E-state index in [1.807, 2.05) is 25.1 Å². The topological polar surface area (TPSA) is 68.7 Å². The molecule has 1 aromatic heterocycles. The van der Waals surface area contributed by atoms with Crippen molar-refractivity contribution in [3.63, 3.8) is 0 Å². The zero-order valence-corrected chi connectivity index (χ0v) is 15.4. The van der Waals surface area contributed by atoms with E-state index in [0.717, 1.165) is 34.8 Å². The average Bonchev–Trinajstić information content (AvgIpc) is 3.38. The molecule has 28 heavy (non-hydrogen) atoms. The molecule has 0 saturated heterocycles. The number of carbonyl (C=O) groups is 2. The molecule has 6 heteroatoms. The van der Waals surface area contributed by atoms with E-state index < -0.39 is 11.8 Å². The Labute approximate surface area is 163 Å². The van der Waals surface area contributed by atoms with Gasteiger partial charge in [0.2, 0.25) is 11.8 Å². The highest BCUT2D eigenvalue weighted by atomic mass is 16.5. The van der Waals surface area contributed by atoms with Gasteiger partial charge < -0.3 is 9.47 Å². The number of rotatable bonds is 4. The second-order valence-corrected chi connectivity index (χ2v) is 7.36. The number of fused-ring (bicyclic) bond motifs is 2. The van der Waals surface area contributed by atoms with E-state index in [-0.39, 0.29) is 12.7 Å². The Kier molecular flexibility index (Phi) is 3.66. The average molecular weight is 376 g/mol. The maximum Gasteiger partial charge on any atom is 0.309 e. The smallest absolute Gasteiger partial charge is 0.309 e. The van der Waals surface area contributed by atoms with Crippen LogP contribution in [0, 0.1) is 17.8 Å². The normalized spacial score (nSPS) is 21.0. The number of pyridine rings is 1. The fraction of sp³-hybridized carbons (Fsp3) is 0.318. The zero-order chi connectivity index (χ0) is 19.3. The Morgan fingerprint density at radius 2 is 2.18 bits per heavy atom. The molecule has 1 aromatic carbocycles. The third-order valence-electron chi connectivity index (χ3n) is 5.55. The Morgan fingerprint density at radius 3 is 2.89 bits per heavy atom. The van der Waals surface area contributed by atoms with Crippen molar-refractivity contribution in [1.29, 1.82) is 0 Å². The third kappa shape index (κ3) is 2.55. The lowest BCUT2D eigenvalue weighted by molar-refractivity contribution is -0.126. The van der Waals surface area contributed by atoms with Crippen LogP contribution < -0.4 is 14.4 Å². The maximum atomic E-state index is 12.5. The molecule has 3 heterocycles. The standard InChI is InChI=1S/C22H18N2O4.H2/c1-2-14-6-9-19(25)24(21(14)26)15-7-8-18(23-12-15)28-17-5-3-4-16-20(17)22(10-11-22)13-27-16;/h3-5,7-8,12,14H,2,10-11,13H2,1H3;1H/t14-;/m0./s1. The van der Waals surface area contributed by atoms with Gasteiger partial charge in [0.25, 0.3) is 0 Å². The second kappa shape index (κ2) is 6.10. The summed E-state index contributed by atoms with van der Waals surface area (Å²) in [6.07, 6.45) is 4.24. The minimum atomic E-state index is -0.529. The summed E-state index contributed by atoms with van der Waals surface area (Å²) in [5.74, 6) is 5.92. The van der Waals surface area contributed by atoms with Gasteiger partial charge in [-0.05, 0) is 43.4 Å². The number of hydrogen-bond donors (Lipinski definition) is 0. The molecule has 6 nitrogen and oxygen atoms in total. The van der Waals surface area contributed by atoms with Gasteiger partial charge in [0.05, 0.1) is 18.5 Å². The molecule has 1 spiro atoms. The lowest BCUT2D eigenvalue weighted by Crippen LogP contribution is -2.42. The molecule has 2 aromatic rings. The Bertz CT molecular complexity index is 1050. The highest BCUT2D eigenvalue weighted by Crippen LogP contribution is 2.58. The van der Waals surface area contributed by atoms with Gasteiger partial charge in [-0.1, -0.05) is 18.9 Å². The lowest BCUT2D eigenvalue weighted by atomic mass is 9.97. The third-order valence-corrected chi connectivity index (χ3v) is 5.55. The fourth-order valence-electron chi connectivity index (χ4n) is 3.79. The quantitative estimate of drug-likeness (QED) is 0.604. The number of ether oxygens (including phenoxy) is 2. The predicted octanol–water partition coefficient (Wildman–Crippen LogP) is 3.45. The number of aromatic nitrogens is 1. The maximum absolute atomic E-state index is 12.5. The van der Waals surface area contributed by atoms with Gasteiger partial charge in [0, 0.05) is 18.5 Å². The van der Waals surface area contributed by atoms with Crippen LogP contribution in [-0.4, -0.2) is 23.4 Å². The van der Waals surface area contributed by atoms with Crippen molar-refractivity contribution < 1.29 is 20.5 Å². The number of anilines is 1. The number of amides is 2. The Hall–Kier alpha value is -3.33. The van der Waals surface area contributed by atoms with E-state index in [1.54, 1.807) is 12.1 Å². The first-order valence-electron chi connectivity index (χ1n) is 9.41. The predicted molar refractivity (Wildman–Crippen MR) is 103 cm³/mol. The molecule has 0 radical (unpaired) electrons. The van der Waals surface area contributed by atoms with Crippen LogP contribution in [0.2, 0.25) is 0 Å². The van der Waals surface area contributed by atoms with Crippen molar-refractivity contribution in [2.24, 2.45) is 5.92 Å². The summed E-state index contributed by atoms with van der Waals surface area (Å²) < 4.78 is 11.8. The van der Waals surface area contributed by atoms with Crippen LogP contribution in [-0.2, 0) is 15.0 Å².